The monoisotopic (exact) mass is 814 g/mol. The third kappa shape index (κ3) is 4.64. The van der Waals surface area contributed by atoms with Gasteiger partial charge in [0.05, 0.1) is 0 Å². The van der Waals surface area contributed by atoms with Crippen LogP contribution in [0.1, 0.15) is 47.7 Å². The van der Waals surface area contributed by atoms with E-state index in [9.17, 15) is 0 Å². The second-order valence-corrected chi connectivity index (χ2v) is 36.6. The first kappa shape index (κ1) is 30.9. The molecule has 0 nitrogen and oxygen atoms in total. The first-order valence-electron chi connectivity index (χ1n) is 17.9. The van der Waals surface area contributed by atoms with Crippen LogP contribution in [-0.2, 0) is 20.0 Å². The minimum atomic E-state index is -3.41. The van der Waals surface area contributed by atoms with Crippen LogP contribution in [0.25, 0.3) is 43.8 Å². The molecular formula is C47H42HfSi. The molecule has 3 aliphatic rings. The molecular weight excluding hydrogens is 771 g/mol. The van der Waals surface area contributed by atoms with E-state index in [0.29, 0.717) is 7.35 Å². The summed E-state index contributed by atoms with van der Waals surface area (Å²) in [6.45, 7) is 5.20. The zero-order valence-electron chi connectivity index (χ0n) is 28.9. The van der Waals surface area contributed by atoms with Gasteiger partial charge in [0.15, 0.2) is 0 Å². The first-order chi connectivity index (χ1) is 23.9. The molecule has 1 aliphatic heterocycles. The summed E-state index contributed by atoms with van der Waals surface area (Å²) in [7, 11) is -2.29. The topological polar surface area (TPSA) is 0 Å². The Morgan fingerprint density at radius 2 is 0.755 bits per heavy atom. The molecule has 4 bridgehead atoms. The molecule has 0 saturated heterocycles. The van der Waals surface area contributed by atoms with Gasteiger partial charge in [-0.15, -0.1) is 0 Å². The van der Waals surface area contributed by atoms with Crippen molar-refractivity contribution in [2.24, 2.45) is 0 Å². The number of benzene rings is 6. The van der Waals surface area contributed by atoms with Crippen molar-refractivity contribution < 1.29 is 20.0 Å². The Morgan fingerprint density at radius 1 is 0.429 bits per heavy atom. The van der Waals surface area contributed by atoms with Crippen molar-refractivity contribution in [3.05, 3.63) is 191 Å². The van der Waals surface area contributed by atoms with Gasteiger partial charge in [0.25, 0.3) is 0 Å². The van der Waals surface area contributed by atoms with E-state index in [-0.39, 0.29) is 0 Å². The van der Waals surface area contributed by atoms with Crippen LogP contribution in [0.15, 0.2) is 158 Å². The number of allylic oxidation sites excluding steroid dienone is 2. The molecule has 6 aromatic carbocycles. The molecule has 9 rings (SSSR count). The van der Waals surface area contributed by atoms with Gasteiger partial charge in [-0.25, -0.2) is 0 Å². The Labute approximate surface area is 297 Å². The Kier molecular flexibility index (Phi) is 7.41. The third-order valence-electron chi connectivity index (χ3n) is 12.1. The van der Waals surface area contributed by atoms with Crippen molar-refractivity contribution in [3.63, 3.8) is 0 Å². The summed E-state index contributed by atoms with van der Waals surface area (Å²) in [6, 6.07) is 61.4. The predicted molar refractivity (Wildman–Crippen MR) is 210 cm³/mol. The van der Waals surface area contributed by atoms with E-state index >= 15 is 0 Å². The molecule has 2 heteroatoms. The standard InChI is InChI=1S/C45H36Si.2CH3.Hf/c1-3-46(2,44-40-20-12-10-18-38(40)30-42(44)36-26-22-34(23-27-36)32-14-6-4-7-15-32)45-41-21-13-11-19-39(41)31-43(45)37-28-24-35(25-29-37)33-16-8-5-9-17-33;;;/h4-31H,3H2,1-2H3;2*1H3;. The van der Waals surface area contributed by atoms with E-state index in [1.165, 1.54) is 39.4 Å². The molecule has 0 saturated carbocycles. The summed E-state index contributed by atoms with van der Waals surface area (Å²) >= 11 is -3.41. The Morgan fingerprint density at radius 3 is 1.14 bits per heavy atom. The van der Waals surface area contributed by atoms with Gasteiger partial charge in [-0.05, 0) is 0 Å². The molecule has 0 aromatic heterocycles. The van der Waals surface area contributed by atoms with E-state index in [1.807, 2.05) is 0 Å². The Hall–Kier alpha value is -4.11. The van der Waals surface area contributed by atoms with Crippen molar-refractivity contribution >= 4 is 29.6 Å². The van der Waals surface area contributed by atoms with Crippen LogP contribution in [0, 0.1) is 0 Å². The van der Waals surface area contributed by atoms with E-state index < -0.39 is 28.0 Å². The molecule has 2 aliphatic carbocycles. The van der Waals surface area contributed by atoms with Crippen LogP contribution in [0.3, 0.4) is 0 Å². The quantitative estimate of drug-likeness (QED) is 0.152. The van der Waals surface area contributed by atoms with Crippen molar-refractivity contribution in [1.82, 2.24) is 0 Å². The summed E-state index contributed by atoms with van der Waals surface area (Å²) in [5.41, 5.74) is 17.7. The fourth-order valence-electron chi connectivity index (χ4n) is 9.79. The number of hydrogen-bond donors (Lipinski definition) is 0. The van der Waals surface area contributed by atoms with Crippen molar-refractivity contribution in [2.45, 2.75) is 36.2 Å². The SMILES string of the molecule is CC[Si]1(C)C2=C(c3ccc(-c4ccccc4)cc3)[CH](c3ccccc32)[Hf]([CH3])([CH3])[CH]2C(c3ccc(-c4ccccc4)cc3)=C1c1ccccc12. The van der Waals surface area contributed by atoms with Gasteiger partial charge in [-0.1, -0.05) is 0 Å². The van der Waals surface area contributed by atoms with Gasteiger partial charge in [-0.3, -0.25) is 0 Å². The van der Waals surface area contributed by atoms with Crippen LogP contribution < -0.4 is 0 Å². The average Bonchev–Trinajstić information content (AvgIpc) is 3.72. The molecule has 0 radical (unpaired) electrons. The molecule has 49 heavy (non-hydrogen) atoms. The molecule has 2 unspecified atom stereocenters. The van der Waals surface area contributed by atoms with Crippen LogP contribution in [0.5, 0.6) is 0 Å². The van der Waals surface area contributed by atoms with Crippen LogP contribution in [0.2, 0.25) is 22.0 Å². The van der Waals surface area contributed by atoms with E-state index in [1.54, 1.807) is 43.8 Å². The van der Waals surface area contributed by atoms with Crippen molar-refractivity contribution in [2.75, 3.05) is 0 Å². The van der Waals surface area contributed by atoms with Gasteiger partial charge < -0.3 is 0 Å². The molecule has 1 heterocycles. The number of fused-ring (bicyclic) bond motifs is 8. The number of hydrogen-bond acceptors (Lipinski definition) is 0. The summed E-state index contributed by atoms with van der Waals surface area (Å²) in [5.74, 6) is 0. The molecule has 0 N–H and O–H groups in total. The van der Waals surface area contributed by atoms with E-state index in [0.717, 1.165) is 0 Å². The van der Waals surface area contributed by atoms with Crippen LogP contribution in [-0.4, -0.2) is 8.07 Å². The minimum absolute atomic E-state index is 0.496. The third-order valence-corrected chi connectivity index (χ3v) is 31.8. The Bertz CT molecular complexity index is 2120. The molecule has 6 aromatic rings. The van der Waals surface area contributed by atoms with Gasteiger partial charge in [0, 0.05) is 0 Å². The molecule has 0 amide bonds. The van der Waals surface area contributed by atoms with Crippen molar-refractivity contribution in [3.8, 4) is 22.3 Å². The summed E-state index contributed by atoms with van der Waals surface area (Å²) in [6.07, 6.45) is 0. The van der Waals surface area contributed by atoms with Crippen molar-refractivity contribution in [1.29, 1.82) is 0 Å². The van der Waals surface area contributed by atoms with Gasteiger partial charge in [0.2, 0.25) is 0 Å². The maximum absolute atomic E-state index is 3.41. The summed E-state index contributed by atoms with van der Waals surface area (Å²) in [4.78, 5) is 0. The van der Waals surface area contributed by atoms with Gasteiger partial charge in [0.1, 0.15) is 0 Å². The zero-order valence-corrected chi connectivity index (χ0v) is 33.5. The second-order valence-electron chi connectivity index (χ2n) is 15.0. The van der Waals surface area contributed by atoms with Gasteiger partial charge >= 0.3 is 299 Å². The first-order valence-corrected chi connectivity index (χ1v) is 32.0. The predicted octanol–water partition coefficient (Wildman–Crippen LogP) is 13.1. The van der Waals surface area contributed by atoms with Gasteiger partial charge in [-0.2, -0.15) is 0 Å². The molecule has 2 atom stereocenters. The fraction of sp³-hybridized carbons (Fsp3) is 0.149. The van der Waals surface area contributed by atoms with E-state index in [2.05, 4.69) is 181 Å². The summed E-state index contributed by atoms with van der Waals surface area (Å²) < 4.78 is 6.57. The second kappa shape index (κ2) is 11.7. The fourth-order valence-corrected chi connectivity index (χ4v) is 31.5. The molecule has 0 spiro atoms. The number of rotatable bonds is 5. The average molecular weight is 813 g/mol. The van der Waals surface area contributed by atoms with Crippen LogP contribution in [0.4, 0.5) is 0 Å². The summed E-state index contributed by atoms with van der Waals surface area (Å²) in [5, 5.41) is 3.42. The molecule has 238 valence electrons. The normalized spacial score (nSPS) is 21.6. The Balaban J connectivity index is 1.32. The maximum atomic E-state index is 2.79. The van der Waals surface area contributed by atoms with Crippen LogP contribution >= 0.6 is 0 Å². The zero-order chi connectivity index (χ0) is 33.3. The van der Waals surface area contributed by atoms with E-state index in [4.69, 9.17) is 0 Å². The molecule has 0 fully saturated rings.